The van der Waals surface area contributed by atoms with E-state index >= 15 is 0 Å². The van der Waals surface area contributed by atoms with E-state index in [4.69, 9.17) is 0 Å². The largest absolute Gasteiger partial charge is 0.772 e. The lowest BCUT2D eigenvalue weighted by atomic mass is 10.0. The molecule has 0 saturated heterocycles. The van der Waals surface area contributed by atoms with Crippen molar-refractivity contribution in [2.75, 3.05) is 0 Å². The first kappa shape index (κ1) is 16.1. The van der Waals surface area contributed by atoms with Crippen molar-refractivity contribution in [3.05, 3.63) is 47.5 Å². The van der Waals surface area contributed by atoms with Gasteiger partial charge in [-0.2, -0.15) is 18.3 Å². The third-order valence-electron chi connectivity index (χ3n) is 3.59. The van der Waals surface area contributed by atoms with Crippen LogP contribution in [-0.2, 0) is 11.1 Å². The van der Waals surface area contributed by atoms with Crippen LogP contribution in [0.15, 0.2) is 30.3 Å². The summed E-state index contributed by atoms with van der Waals surface area (Å²) in [6.45, 7) is 0. The van der Waals surface area contributed by atoms with Gasteiger partial charge in [0.1, 0.15) is 0 Å². The predicted molar refractivity (Wildman–Crippen MR) is 70.8 cm³/mol. The zero-order chi connectivity index (χ0) is 16.8. The summed E-state index contributed by atoms with van der Waals surface area (Å²) in [5, 5.41) is 0.768. The minimum Gasteiger partial charge on any atom is -0.772 e. The van der Waals surface area contributed by atoms with Gasteiger partial charge in [0.05, 0.1) is 6.04 Å². The first-order valence-corrected chi connectivity index (χ1v) is 7.73. The lowest BCUT2D eigenvalue weighted by molar-refractivity contribution is -0.133. The topological polar surface area (TPSA) is 70.8 Å². The Morgan fingerprint density at radius 1 is 1.30 bits per heavy atom. The van der Waals surface area contributed by atoms with Gasteiger partial charge in [0.2, 0.25) is 0 Å². The highest BCUT2D eigenvalue weighted by Gasteiger charge is 2.46. The van der Waals surface area contributed by atoms with Crippen LogP contribution < -0.4 is 0 Å². The Kier molecular flexibility index (Phi) is 3.96. The van der Waals surface area contributed by atoms with Gasteiger partial charge in [-0.1, -0.05) is 30.3 Å². The number of aromatic nitrogens is 3. The van der Waals surface area contributed by atoms with Gasteiger partial charge in [0.25, 0.3) is 0 Å². The lowest BCUT2D eigenvalue weighted by Crippen LogP contribution is -2.26. The fourth-order valence-electron chi connectivity index (χ4n) is 2.60. The van der Waals surface area contributed by atoms with Crippen LogP contribution in [0.2, 0.25) is 0 Å². The molecule has 0 radical (unpaired) electrons. The summed E-state index contributed by atoms with van der Waals surface area (Å²) in [5.74, 6) is -1.24. The molecule has 1 aliphatic heterocycles. The first-order valence-electron chi connectivity index (χ1n) is 6.59. The molecule has 1 aromatic heterocycles. The van der Waals surface area contributed by atoms with E-state index in [0.717, 1.165) is 4.68 Å². The van der Waals surface area contributed by atoms with Crippen LogP contribution in [0.25, 0.3) is 0 Å². The fourth-order valence-corrected chi connectivity index (χ4v) is 3.09. The molecule has 2 aromatic rings. The average molecular weight is 348 g/mol. The minimum atomic E-state index is -5.07. The lowest BCUT2D eigenvalue weighted by Gasteiger charge is -2.20. The summed E-state index contributed by atoms with van der Waals surface area (Å²) in [7, 11) is 0. The van der Waals surface area contributed by atoms with Crippen LogP contribution in [0.5, 0.6) is 0 Å². The maximum Gasteiger partial charge on any atom is 0.409 e. The second-order valence-electron chi connectivity index (χ2n) is 5.08. The molecular formula is C13H10F4N3O2S-. The van der Waals surface area contributed by atoms with Crippen molar-refractivity contribution in [2.45, 2.75) is 30.1 Å². The number of halogens is 4. The molecule has 0 amide bonds. The Hall–Kier alpha value is -1.81. The average Bonchev–Trinajstić information content (AvgIpc) is 2.99. The van der Waals surface area contributed by atoms with E-state index in [1.165, 1.54) is 0 Å². The standard InChI is InChI=1S/C13H11F4N3O2S/c14-8-6-9(7-4-2-1-3-5-7)20-12(8)18-11(19-20)10(23(21)22)13(15,16)17/h1-5,8-10H,6H2,(H,21,22)/p-1/t8-,9-,10?/m0/s1. The van der Waals surface area contributed by atoms with E-state index in [1.54, 1.807) is 30.3 Å². The van der Waals surface area contributed by atoms with Crippen LogP contribution in [-0.4, -0.2) is 29.7 Å². The molecule has 0 saturated carbocycles. The number of benzene rings is 1. The zero-order valence-corrected chi connectivity index (χ0v) is 12.2. The third kappa shape index (κ3) is 2.88. The molecule has 5 nitrogen and oxygen atoms in total. The smallest absolute Gasteiger partial charge is 0.409 e. The second kappa shape index (κ2) is 5.68. The number of fused-ring (bicyclic) bond motifs is 1. The summed E-state index contributed by atoms with van der Waals surface area (Å²) in [6.07, 6.45) is -6.67. The monoisotopic (exact) mass is 348 g/mol. The number of nitrogens with zero attached hydrogens (tertiary/aromatic N) is 3. The van der Waals surface area contributed by atoms with Gasteiger partial charge in [-0.15, -0.1) is 0 Å². The van der Waals surface area contributed by atoms with Crippen LogP contribution >= 0.6 is 0 Å². The Balaban J connectivity index is 2.04. The van der Waals surface area contributed by atoms with E-state index in [-0.39, 0.29) is 12.2 Å². The quantitative estimate of drug-likeness (QED) is 0.632. The summed E-state index contributed by atoms with van der Waals surface area (Å²) in [5.41, 5.74) is 0.664. The van der Waals surface area contributed by atoms with Crippen LogP contribution in [0.4, 0.5) is 17.6 Å². The normalized spacial score (nSPS) is 23.5. The molecule has 0 aliphatic carbocycles. The first-order chi connectivity index (χ1) is 10.8. The molecule has 0 spiro atoms. The van der Waals surface area contributed by atoms with Crippen molar-refractivity contribution in [1.82, 2.24) is 14.8 Å². The minimum absolute atomic E-state index is 0.00320. The van der Waals surface area contributed by atoms with E-state index < -0.39 is 40.5 Å². The van der Waals surface area contributed by atoms with Crippen molar-refractivity contribution in [2.24, 2.45) is 0 Å². The van der Waals surface area contributed by atoms with Crippen molar-refractivity contribution in [3.8, 4) is 0 Å². The molecule has 2 heterocycles. The molecule has 0 fully saturated rings. The van der Waals surface area contributed by atoms with Crippen molar-refractivity contribution in [3.63, 3.8) is 0 Å². The summed E-state index contributed by atoms with van der Waals surface area (Å²) in [6, 6.07) is 7.95. The molecule has 124 valence electrons. The molecule has 23 heavy (non-hydrogen) atoms. The van der Waals surface area contributed by atoms with E-state index in [0.29, 0.717) is 5.56 Å². The summed E-state index contributed by atoms with van der Waals surface area (Å²) in [4.78, 5) is 3.50. The number of rotatable bonds is 3. The third-order valence-corrected chi connectivity index (χ3v) is 4.45. The van der Waals surface area contributed by atoms with Gasteiger partial charge in [-0.25, -0.2) is 14.1 Å². The maximum atomic E-state index is 14.1. The van der Waals surface area contributed by atoms with Crippen molar-refractivity contribution >= 4 is 11.1 Å². The van der Waals surface area contributed by atoms with Gasteiger partial charge < -0.3 is 4.55 Å². The van der Waals surface area contributed by atoms with Gasteiger partial charge in [-0.05, 0) is 16.6 Å². The molecular weight excluding hydrogens is 338 g/mol. The van der Waals surface area contributed by atoms with Crippen molar-refractivity contribution in [1.29, 1.82) is 0 Å². The highest BCUT2D eigenvalue weighted by molar-refractivity contribution is 7.79. The molecule has 10 heteroatoms. The fraction of sp³-hybridized carbons (Fsp3) is 0.385. The highest BCUT2D eigenvalue weighted by Crippen LogP contribution is 2.42. The molecule has 2 unspecified atom stereocenters. The Labute approximate surface area is 130 Å². The molecule has 4 atom stereocenters. The Morgan fingerprint density at radius 3 is 2.52 bits per heavy atom. The highest BCUT2D eigenvalue weighted by atomic mass is 32.2. The molecule has 0 bridgehead atoms. The Morgan fingerprint density at radius 2 is 1.96 bits per heavy atom. The van der Waals surface area contributed by atoms with Crippen LogP contribution in [0.3, 0.4) is 0 Å². The molecule has 1 aromatic carbocycles. The van der Waals surface area contributed by atoms with Crippen molar-refractivity contribution < 1.29 is 26.3 Å². The van der Waals surface area contributed by atoms with Gasteiger partial charge in [0, 0.05) is 6.42 Å². The SMILES string of the molecule is O=S([O-])C(c1nc2n(n1)[C@H](c1ccccc1)C[C@@H]2F)C(F)(F)F. The Bertz CT molecular complexity index is 735. The second-order valence-corrected chi connectivity index (χ2v) is 6.08. The number of hydrogen-bond donors (Lipinski definition) is 0. The summed E-state index contributed by atoms with van der Waals surface area (Å²) < 4.78 is 75.5. The van der Waals surface area contributed by atoms with Crippen LogP contribution in [0, 0.1) is 0 Å². The molecule has 3 rings (SSSR count). The van der Waals surface area contributed by atoms with E-state index in [2.05, 4.69) is 10.1 Å². The zero-order valence-electron chi connectivity index (χ0n) is 11.4. The summed E-state index contributed by atoms with van der Waals surface area (Å²) >= 11 is -3.50. The number of hydrogen-bond acceptors (Lipinski definition) is 4. The maximum absolute atomic E-state index is 14.1. The molecule has 0 N–H and O–H groups in total. The number of alkyl halides is 4. The molecule has 1 aliphatic rings. The van der Waals surface area contributed by atoms with Gasteiger partial charge >= 0.3 is 6.18 Å². The van der Waals surface area contributed by atoms with Crippen LogP contribution in [0.1, 0.15) is 41.1 Å². The van der Waals surface area contributed by atoms with Gasteiger partial charge in [-0.3, -0.25) is 4.21 Å². The van der Waals surface area contributed by atoms with E-state index in [1.807, 2.05) is 0 Å². The van der Waals surface area contributed by atoms with Gasteiger partial charge in [0.15, 0.2) is 23.1 Å². The van der Waals surface area contributed by atoms with E-state index in [9.17, 15) is 26.3 Å². The predicted octanol–water partition coefficient (Wildman–Crippen LogP) is 2.76.